The molecule has 0 aliphatic rings. The molecule has 7 nitrogen and oxygen atoms in total. The molecule has 1 atom stereocenters. The molecule has 0 bridgehead atoms. The zero-order valence-electron chi connectivity index (χ0n) is 20.1. The van der Waals surface area contributed by atoms with Crippen molar-refractivity contribution in [1.82, 2.24) is 10.2 Å². The van der Waals surface area contributed by atoms with E-state index in [1.165, 1.54) is 4.90 Å². The Morgan fingerprint density at radius 1 is 1.06 bits per heavy atom. The van der Waals surface area contributed by atoms with Gasteiger partial charge in [0.2, 0.25) is 21.8 Å². The summed E-state index contributed by atoms with van der Waals surface area (Å²) in [6.45, 7) is 5.63. The molecule has 0 radical (unpaired) electrons. The Morgan fingerprint density at radius 3 is 2.11 bits per heavy atom. The summed E-state index contributed by atoms with van der Waals surface area (Å²) in [5.74, 6) is -0.662. The molecule has 2 amide bonds. The normalized spacial score (nSPS) is 12.3. The van der Waals surface area contributed by atoms with E-state index >= 15 is 0 Å². The minimum absolute atomic E-state index is 0.0527. The van der Waals surface area contributed by atoms with E-state index in [0.29, 0.717) is 34.3 Å². The molecule has 0 saturated heterocycles. The van der Waals surface area contributed by atoms with E-state index in [0.717, 1.165) is 15.0 Å². The Hall–Kier alpha value is -1.81. The highest BCUT2D eigenvalue weighted by Gasteiger charge is 2.32. The Bertz CT molecular complexity index is 1120. The lowest BCUT2D eigenvalue weighted by atomic mass is 10.1. The van der Waals surface area contributed by atoms with Crippen LogP contribution in [-0.2, 0) is 26.2 Å². The number of halogens is 3. The molecule has 35 heavy (non-hydrogen) atoms. The van der Waals surface area contributed by atoms with Gasteiger partial charge in [-0.25, -0.2) is 8.42 Å². The van der Waals surface area contributed by atoms with Crippen molar-refractivity contribution < 1.29 is 18.0 Å². The van der Waals surface area contributed by atoms with Gasteiger partial charge < -0.3 is 10.2 Å². The molecule has 1 unspecified atom stereocenters. The first-order valence-electron chi connectivity index (χ1n) is 11.1. The van der Waals surface area contributed by atoms with Crippen LogP contribution in [0, 0.1) is 5.92 Å². The fourth-order valence-electron chi connectivity index (χ4n) is 3.42. The van der Waals surface area contributed by atoms with Crippen LogP contribution >= 0.6 is 39.1 Å². The highest BCUT2D eigenvalue weighted by molar-refractivity contribution is 9.10. The summed E-state index contributed by atoms with van der Waals surface area (Å²) in [5.41, 5.74) is 0.811. The maximum Gasteiger partial charge on any atom is 0.244 e. The molecule has 0 heterocycles. The summed E-state index contributed by atoms with van der Waals surface area (Å²) >= 11 is 16.1. The quantitative estimate of drug-likeness (QED) is 0.385. The smallest absolute Gasteiger partial charge is 0.244 e. The second-order valence-electron chi connectivity index (χ2n) is 8.53. The lowest BCUT2D eigenvalue weighted by Gasteiger charge is -2.33. The van der Waals surface area contributed by atoms with Crippen molar-refractivity contribution in [3.8, 4) is 0 Å². The van der Waals surface area contributed by atoms with Crippen molar-refractivity contribution in [2.24, 2.45) is 5.92 Å². The van der Waals surface area contributed by atoms with Gasteiger partial charge >= 0.3 is 0 Å². The SMILES string of the molecule is CCC(C(=O)NCC(C)C)N(Cc1c(Cl)cccc1Cl)C(=O)CN(c1ccc(Br)cc1)S(C)(=O)=O. The van der Waals surface area contributed by atoms with Crippen LogP contribution in [0.1, 0.15) is 32.8 Å². The lowest BCUT2D eigenvalue weighted by Crippen LogP contribution is -2.52. The van der Waals surface area contributed by atoms with E-state index in [9.17, 15) is 18.0 Å². The van der Waals surface area contributed by atoms with E-state index in [-0.39, 0.29) is 18.4 Å². The molecular formula is C24H30BrCl2N3O4S. The van der Waals surface area contributed by atoms with Crippen LogP contribution in [0.3, 0.4) is 0 Å². The Morgan fingerprint density at radius 2 is 1.63 bits per heavy atom. The summed E-state index contributed by atoms with van der Waals surface area (Å²) in [6, 6.07) is 10.7. The second-order valence-corrected chi connectivity index (χ2v) is 12.2. The van der Waals surface area contributed by atoms with Gasteiger partial charge in [0.25, 0.3) is 0 Å². The van der Waals surface area contributed by atoms with Crippen LogP contribution in [0.4, 0.5) is 5.69 Å². The molecule has 192 valence electrons. The van der Waals surface area contributed by atoms with Gasteiger partial charge in [0.05, 0.1) is 11.9 Å². The van der Waals surface area contributed by atoms with Gasteiger partial charge in [-0.3, -0.25) is 13.9 Å². The molecule has 0 aliphatic heterocycles. The zero-order valence-corrected chi connectivity index (χ0v) is 24.0. The number of benzene rings is 2. The highest BCUT2D eigenvalue weighted by atomic mass is 79.9. The predicted molar refractivity (Wildman–Crippen MR) is 145 cm³/mol. The van der Waals surface area contributed by atoms with Gasteiger partial charge in [-0.05, 0) is 48.7 Å². The molecule has 0 fully saturated rings. The van der Waals surface area contributed by atoms with Gasteiger partial charge in [-0.2, -0.15) is 0 Å². The van der Waals surface area contributed by atoms with E-state index in [1.54, 1.807) is 49.4 Å². The largest absolute Gasteiger partial charge is 0.354 e. The third kappa shape index (κ3) is 8.37. The fourth-order valence-corrected chi connectivity index (χ4v) is 5.05. The van der Waals surface area contributed by atoms with Crippen LogP contribution in [0.15, 0.2) is 46.9 Å². The Balaban J connectivity index is 2.47. The number of nitrogens with zero attached hydrogens (tertiary/aromatic N) is 2. The van der Waals surface area contributed by atoms with Gasteiger partial charge in [0.1, 0.15) is 12.6 Å². The summed E-state index contributed by atoms with van der Waals surface area (Å²) < 4.78 is 27.0. The Kier molecular flexibility index (Phi) is 10.9. The number of amides is 2. The standard InChI is InChI=1S/C24H30BrCl2N3O4S/c1-5-22(24(32)28-13-16(2)3)29(14-19-20(26)7-6-8-21(19)27)23(31)15-30(35(4,33)34)18-11-9-17(25)10-12-18/h6-12,16,22H,5,13-15H2,1-4H3,(H,28,32). The van der Waals surface area contributed by atoms with Crippen molar-refractivity contribution in [2.45, 2.75) is 39.8 Å². The van der Waals surface area contributed by atoms with Gasteiger partial charge in [-0.1, -0.05) is 66.0 Å². The maximum atomic E-state index is 13.7. The molecular weight excluding hydrogens is 577 g/mol. The number of carbonyl (C=O) groups excluding carboxylic acids is 2. The number of anilines is 1. The van der Waals surface area contributed by atoms with Crippen molar-refractivity contribution >= 4 is 66.7 Å². The topological polar surface area (TPSA) is 86.8 Å². The van der Waals surface area contributed by atoms with Crippen LogP contribution in [-0.4, -0.2) is 50.5 Å². The minimum Gasteiger partial charge on any atom is -0.354 e. The summed E-state index contributed by atoms with van der Waals surface area (Å²) in [4.78, 5) is 28.1. The number of rotatable bonds is 11. The minimum atomic E-state index is -3.80. The number of nitrogens with one attached hydrogen (secondary N) is 1. The maximum absolute atomic E-state index is 13.7. The predicted octanol–water partition coefficient (Wildman–Crippen LogP) is 5.10. The number of sulfonamides is 1. The molecule has 2 aromatic rings. The van der Waals surface area contributed by atoms with E-state index in [4.69, 9.17) is 23.2 Å². The molecule has 2 rings (SSSR count). The summed E-state index contributed by atoms with van der Waals surface area (Å²) in [5, 5.41) is 3.56. The van der Waals surface area contributed by atoms with E-state index in [1.807, 2.05) is 13.8 Å². The zero-order chi connectivity index (χ0) is 26.3. The fraction of sp³-hybridized carbons (Fsp3) is 0.417. The average molecular weight is 607 g/mol. The van der Waals surface area contributed by atoms with Crippen molar-refractivity contribution in [3.63, 3.8) is 0 Å². The van der Waals surface area contributed by atoms with E-state index in [2.05, 4.69) is 21.2 Å². The second kappa shape index (κ2) is 12.9. The average Bonchev–Trinajstić information content (AvgIpc) is 2.77. The summed E-state index contributed by atoms with van der Waals surface area (Å²) in [7, 11) is -3.80. The van der Waals surface area contributed by atoms with Crippen molar-refractivity contribution in [2.75, 3.05) is 23.7 Å². The van der Waals surface area contributed by atoms with Gasteiger partial charge in [-0.15, -0.1) is 0 Å². The van der Waals surface area contributed by atoms with Gasteiger partial charge in [0.15, 0.2) is 0 Å². The Labute approximate surface area is 225 Å². The van der Waals surface area contributed by atoms with Crippen LogP contribution in [0.25, 0.3) is 0 Å². The highest BCUT2D eigenvalue weighted by Crippen LogP contribution is 2.28. The van der Waals surface area contributed by atoms with E-state index < -0.39 is 28.5 Å². The van der Waals surface area contributed by atoms with Crippen molar-refractivity contribution in [3.05, 3.63) is 62.5 Å². The number of hydrogen-bond acceptors (Lipinski definition) is 4. The first-order valence-corrected chi connectivity index (χ1v) is 14.5. The number of hydrogen-bond donors (Lipinski definition) is 1. The monoisotopic (exact) mass is 605 g/mol. The third-order valence-corrected chi connectivity index (χ3v) is 7.63. The first-order chi connectivity index (χ1) is 16.3. The molecule has 11 heteroatoms. The van der Waals surface area contributed by atoms with Crippen LogP contribution < -0.4 is 9.62 Å². The summed E-state index contributed by atoms with van der Waals surface area (Å²) in [6.07, 6.45) is 1.35. The molecule has 1 N–H and O–H groups in total. The van der Waals surface area contributed by atoms with Crippen LogP contribution in [0.5, 0.6) is 0 Å². The molecule has 0 spiro atoms. The van der Waals surface area contributed by atoms with Gasteiger partial charge in [0, 0.05) is 33.2 Å². The molecule has 0 aliphatic carbocycles. The number of carbonyl (C=O) groups is 2. The molecule has 2 aromatic carbocycles. The molecule has 0 saturated carbocycles. The lowest BCUT2D eigenvalue weighted by molar-refractivity contribution is -0.140. The molecule has 0 aromatic heterocycles. The first kappa shape index (κ1) is 29.4. The van der Waals surface area contributed by atoms with Crippen LogP contribution in [0.2, 0.25) is 10.0 Å². The van der Waals surface area contributed by atoms with Crippen molar-refractivity contribution in [1.29, 1.82) is 0 Å². The third-order valence-electron chi connectivity index (χ3n) is 5.25.